The van der Waals surface area contributed by atoms with Crippen molar-refractivity contribution in [1.82, 2.24) is 0 Å². The quantitative estimate of drug-likeness (QED) is 0.477. The third-order valence-electron chi connectivity index (χ3n) is 4.32. The van der Waals surface area contributed by atoms with E-state index in [9.17, 15) is 9.59 Å². The van der Waals surface area contributed by atoms with Crippen LogP contribution < -0.4 is 4.74 Å². The van der Waals surface area contributed by atoms with Gasteiger partial charge in [-0.3, -0.25) is 4.79 Å². The Morgan fingerprint density at radius 3 is 2.44 bits per heavy atom. The Morgan fingerprint density at radius 2 is 1.72 bits per heavy atom. The van der Waals surface area contributed by atoms with E-state index in [1.165, 1.54) is 23.3 Å². The molecule has 0 aromatic heterocycles. The molecule has 0 saturated heterocycles. The van der Waals surface area contributed by atoms with E-state index in [0.29, 0.717) is 19.0 Å². The Balaban J connectivity index is 1.42. The first-order valence-corrected chi connectivity index (χ1v) is 8.32. The predicted octanol–water partition coefficient (Wildman–Crippen LogP) is 2.91. The Morgan fingerprint density at radius 1 is 1.00 bits per heavy atom. The van der Waals surface area contributed by atoms with Crippen LogP contribution in [0.2, 0.25) is 0 Å². The van der Waals surface area contributed by atoms with Crippen LogP contribution in [0.25, 0.3) is 0 Å². The van der Waals surface area contributed by atoms with Crippen molar-refractivity contribution >= 4 is 11.8 Å². The molecule has 1 aliphatic rings. The van der Waals surface area contributed by atoms with E-state index < -0.39 is 11.8 Å². The third-order valence-corrected chi connectivity index (χ3v) is 4.32. The second-order valence-electron chi connectivity index (χ2n) is 6.01. The molecule has 0 amide bonds. The minimum Gasteiger partial charge on any atom is -0.491 e. The van der Waals surface area contributed by atoms with Crippen molar-refractivity contribution in [3.63, 3.8) is 0 Å². The lowest BCUT2D eigenvalue weighted by atomic mass is 9.90. The molecule has 5 heteroatoms. The Labute approximate surface area is 146 Å². The van der Waals surface area contributed by atoms with Gasteiger partial charge in [-0.15, -0.1) is 0 Å². The van der Waals surface area contributed by atoms with Gasteiger partial charge in [-0.1, -0.05) is 24.3 Å². The zero-order chi connectivity index (χ0) is 17.6. The van der Waals surface area contributed by atoms with Crippen LogP contribution in [0, 0.1) is 0 Å². The number of aryl methyl sites for hydroxylation is 1. The summed E-state index contributed by atoms with van der Waals surface area (Å²) in [5, 5.41) is 8.67. The number of carbonyl (C=O) groups is 2. The number of fused-ring (bicyclic) bond motifs is 1. The highest BCUT2D eigenvalue weighted by Crippen LogP contribution is 2.23. The molecule has 1 aliphatic carbocycles. The number of hydrogen-bond donors (Lipinski definition) is 1. The number of hydrogen-bond acceptors (Lipinski definition) is 4. The van der Waals surface area contributed by atoms with E-state index in [1.807, 2.05) is 0 Å². The van der Waals surface area contributed by atoms with Crippen LogP contribution in [-0.4, -0.2) is 36.2 Å². The minimum atomic E-state index is -1.46. The maximum absolute atomic E-state index is 11.3. The van der Waals surface area contributed by atoms with E-state index in [-0.39, 0.29) is 11.7 Å². The summed E-state index contributed by atoms with van der Waals surface area (Å²) in [6.45, 7) is 0.896. The second kappa shape index (κ2) is 7.94. The van der Waals surface area contributed by atoms with Crippen LogP contribution >= 0.6 is 0 Å². The molecule has 130 valence electrons. The number of rotatable bonds is 7. The number of ether oxygens (including phenoxy) is 2. The molecule has 5 nitrogen and oxygen atoms in total. The van der Waals surface area contributed by atoms with Gasteiger partial charge in [0.15, 0.2) is 0 Å². The maximum atomic E-state index is 11.3. The van der Waals surface area contributed by atoms with Crippen molar-refractivity contribution in [2.24, 2.45) is 0 Å². The molecule has 2 aromatic rings. The summed E-state index contributed by atoms with van der Waals surface area (Å²) in [6, 6.07) is 14.5. The molecule has 0 radical (unpaired) electrons. The van der Waals surface area contributed by atoms with Gasteiger partial charge < -0.3 is 14.6 Å². The minimum absolute atomic E-state index is 0.136. The van der Waals surface area contributed by atoms with Crippen molar-refractivity contribution in [3.8, 4) is 5.75 Å². The van der Waals surface area contributed by atoms with Crippen LogP contribution in [0.4, 0.5) is 0 Å². The number of carboxylic acids is 1. The summed E-state index contributed by atoms with van der Waals surface area (Å²) in [4.78, 5) is 21.9. The van der Waals surface area contributed by atoms with Gasteiger partial charge in [0.25, 0.3) is 5.78 Å². The summed E-state index contributed by atoms with van der Waals surface area (Å²) in [7, 11) is 0. The number of carbonyl (C=O) groups excluding carboxylic acids is 1. The Kier molecular flexibility index (Phi) is 5.46. The molecule has 1 unspecified atom stereocenters. The molecule has 25 heavy (non-hydrogen) atoms. The van der Waals surface area contributed by atoms with E-state index in [1.54, 1.807) is 12.1 Å². The molecule has 0 spiro atoms. The summed E-state index contributed by atoms with van der Waals surface area (Å²) in [5.74, 6) is -1.80. The summed E-state index contributed by atoms with van der Waals surface area (Å²) in [5.41, 5.74) is 2.91. The van der Waals surface area contributed by atoms with Crippen molar-refractivity contribution in [2.75, 3.05) is 13.2 Å². The van der Waals surface area contributed by atoms with Crippen LogP contribution in [0.15, 0.2) is 48.5 Å². The van der Waals surface area contributed by atoms with Gasteiger partial charge >= 0.3 is 5.97 Å². The van der Waals surface area contributed by atoms with Crippen LogP contribution in [0.5, 0.6) is 5.75 Å². The average Bonchev–Trinajstić information content (AvgIpc) is 2.65. The largest absolute Gasteiger partial charge is 0.491 e. The van der Waals surface area contributed by atoms with E-state index in [4.69, 9.17) is 14.6 Å². The lowest BCUT2D eigenvalue weighted by molar-refractivity contribution is -0.131. The van der Waals surface area contributed by atoms with Crippen molar-refractivity contribution in [2.45, 2.75) is 25.4 Å². The topological polar surface area (TPSA) is 72.8 Å². The van der Waals surface area contributed by atoms with Gasteiger partial charge in [-0.2, -0.15) is 0 Å². The highest BCUT2D eigenvalue weighted by molar-refractivity contribution is 6.39. The second-order valence-corrected chi connectivity index (χ2v) is 6.01. The number of ketones is 1. The Bertz CT molecular complexity index is 751. The molecule has 0 aliphatic heterocycles. The highest BCUT2D eigenvalue weighted by Gasteiger charge is 2.18. The third kappa shape index (κ3) is 4.45. The van der Waals surface area contributed by atoms with E-state index in [0.717, 1.165) is 19.3 Å². The van der Waals surface area contributed by atoms with Crippen LogP contribution in [0.3, 0.4) is 0 Å². The number of Topliss-reactive ketones (excluding diaryl/α,β-unsaturated/α-hetero) is 1. The van der Waals surface area contributed by atoms with Gasteiger partial charge in [0.05, 0.1) is 12.7 Å². The predicted molar refractivity (Wildman–Crippen MR) is 92.1 cm³/mol. The first kappa shape index (κ1) is 17.2. The fourth-order valence-electron chi connectivity index (χ4n) is 3.01. The van der Waals surface area contributed by atoms with Gasteiger partial charge in [-0.25, -0.2) is 4.79 Å². The first-order chi connectivity index (χ1) is 12.1. The van der Waals surface area contributed by atoms with E-state index in [2.05, 4.69) is 24.3 Å². The van der Waals surface area contributed by atoms with Crippen LogP contribution in [-0.2, 0) is 22.4 Å². The highest BCUT2D eigenvalue weighted by atomic mass is 16.5. The molecule has 0 saturated carbocycles. The lowest BCUT2D eigenvalue weighted by Crippen LogP contribution is -2.24. The SMILES string of the molecule is O=C(O)C(=O)c1ccc(OCCOC2CCc3ccccc3C2)cc1. The molecular formula is C20H20O5. The smallest absolute Gasteiger partial charge is 0.377 e. The summed E-state index contributed by atoms with van der Waals surface area (Å²) < 4.78 is 11.5. The lowest BCUT2D eigenvalue weighted by Gasteiger charge is -2.24. The molecule has 3 rings (SSSR count). The average molecular weight is 340 g/mol. The number of benzene rings is 2. The molecule has 1 N–H and O–H groups in total. The van der Waals surface area contributed by atoms with Gasteiger partial charge in [0, 0.05) is 5.56 Å². The monoisotopic (exact) mass is 340 g/mol. The first-order valence-electron chi connectivity index (χ1n) is 8.32. The molecule has 1 atom stereocenters. The summed E-state index contributed by atoms with van der Waals surface area (Å²) in [6.07, 6.45) is 3.21. The molecule has 0 bridgehead atoms. The van der Waals surface area contributed by atoms with Gasteiger partial charge in [-0.05, 0) is 54.7 Å². The zero-order valence-corrected chi connectivity index (χ0v) is 13.8. The fourth-order valence-corrected chi connectivity index (χ4v) is 3.01. The molecule has 0 fully saturated rings. The number of carboxylic acid groups (broad SMARTS) is 1. The summed E-state index contributed by atoms with van der Waals surface area (Å²) >= 11 is 0. The van der Waals surface area contributed by atoms with Crippen molar-refractivity contribution in [3.05, 3.63) is 65.2 Å². The molecular weight excluding hydrogens is 320 g/mol. The van der Waals surface area contributed by atoms with Crippen LogP contribution in [0.1, 0.15) is 27.9 Å². The Hall–Kier alpha value is -2.66. The van der Waals surface area contributed by atoms with Gasteiger partial charge in [0.2, 0.25) is 0 Å². The van der Waals surface area contributed by atoms with E-state index >= 15 is 0 Å². The van der Waals surface area contributed by atoms with Crippen molar-refractivity contribution < 1.29 is 24.2 Å². The maximum Gasteiger partial charge on any atom is 0.377 e. The van der Waals surface area contributed by atoms with Crippen molar-refractivity contribution in [1.29, 1.82) is 0 Å². The van der Waals surface area contributed by atoms with Gasteiger partial charge in [0.1, 0.15) is 12.4 Å². The standard InChI is InChI=1S/C20H20O5/c21-19(20(22)23)15-6-8-17(9-7-15)24-11-12-25-18-10-5-14-3-1-2-4-16(14)13-18/h1-4,6-9,18H,5,10-13H2,(H,22,23). The zero-order valence-electron chi connectivity index (χ0n) is 13.8. The fraction of sp³-hybridized carbons (Fsp3) is 0.300. The molecule has 0 heterocycles. The number of aliphatic carboxylic acids is 1. The molecule has 2 aromatic carbocycles. The normalized spacial score (nSPS) is 16.1.